The summed E-state index contributed by atoms with van der Waals surface area (Å²) in [5, 5.41) is 32.3. The third kappa shape index (κ3) is 4.58. The molecule has 0 bridgehead atoms. The summed E-state index contributed by atoms with van der Waals surface area (Å²) in [5.41, 5.74) is 1.47. The first-order valence-electron chi connectivity index (χ1n) is 10.9. The number of hydrogen-bond donors (Lipinski definition) is 4. The Hall–Kier alpha value is -2.62. The number of likely N-dealkylation sites (N-methyl/N-ethyl adjacent to an activating group) is 1. The van der Waals surface area contributed by atoms with Crippen LogP contribution in [-0.4, -0.2) is 81.7 Å². The molecule has 2 aliphatic rings. The Morgan fingerprint density at radius 3 is 2.61 bits per heavy atom. The topological polar surface area (TPSA) is 130 Å². The van der Waals surface area contributed by atoms with E-state index in [9.17, 15) is 29.7 Å². The molecule has 33 heavy (non-hydrogen) atoms. The van der Waals surface area contributed by atoms with E-state index < -0.39 is 18.0 Å². The predicted molar refractivity (Wildman–Crippen MR) is 122 cm³/mol. The molecule has 1 aromatic carbocycles. The first kappa shape index (κ1) is 25.0. The lowest BCUT2D eigenvalue weighted by atomic mass is 9.77. The standard InChI is InChI=1S/C23H30ClN3O6/c1-11-6-7-14(17(24)20(11)29)21(30)25-8-5-9-26(4)10-15-12(2)18-16(13(3)28)22(31)27(18)19(15)23(32)33/h6-7,12-13,16,18,28-29H,5,8-10H2,1-4H3,(H,25,30)(H,32,33)/t12-,13+,16+,18+/m0/s1. The highest BCUT2D eigenvalue weighted by Crippen LogP contribution is 2.47. The summed E-state index contributed by atoms with van der Waals surface area (Å²) >= 11 is 6.06. The van der Waals surface area contributed by atoms with Gasteiger partial charge in [0, 0.05) is 19.0 Å². The molecule has 10 heteroatoms. The number of aliphatic carboxylic acids is 1. The number of β-lactam (4-membered cyclic amide) rings is 1. The number of nitrogens with zero attached hydrogens (tertiary/aromatic N) is 2. The maximum absolute atomic E-state index is 12.4. The van der Waals surface area contributed by atoms with Crippen LogP contribution in [0.1, 0.15) is 36.2 Å². The fourth-order valence-electron chi connectivity index (χ4n) is 4.71. The number of hydrogen-bond acceptors (Lipinski definition) is 6. The van der Waals surface area contributed by atoms with E-state index in [1.54, 1.807) is 26.0 Å². The van der Waals surface area contributed by atoms with Crippen molar-refractivity contribution in [2.24, 2.45) is 11.8 Å². The lowest BCUT2D eigenvalue weighted by Gasteiger charge is -2.46. The number of phenols is 1. The summed E-state index contributed by atoms with van der Waals surface area (Å²) in [6, 6.07) is 2.85. The number of fused-ring (bicyclic) bond motifs is 1. The highest BCUT2D eigenvalue weighted by molar-refractivity contribution is 6.35. The minimum atomic E-state index is -1.14. The van der Waals surface area contributed by atoms with Crippen molar-refractivity contribution in [3.63, 3.8) is 0 Å². The Morgan fingerprint density at radius 1 is 1.33 bits per heavy atom. The largest absolute Gasteiger partial charge is 0.506 e. The van der Waals surface area contributed by atoms with Gasteiger partial charge in [-0.25, -0.2) is 4.79 Å². The zero-order valence-corrected chi connectivity index (χ0v) is 19.9. The first-order chi connectivity index (χ1) is 15.5. The first-order valence-corrected chi connectivity index (χ1v) is 11.3. The Labute approximate surface area is 197 Å². The number of carboxylic acid groups (broad SMARTS) is 1. The van der Waals surface area contributed by atoms with Gasteiger partial charge in [-0.2, -0.15) is 0 Å². The monoisotopic (exact) mass is 479 g/mol. The molecule has 180 valence electrons. The van der Waals surface area contributed by atoms with E-state index in [1.807, 2.05) is 18.9 Å². The number of nitrogens with one attached hydrogen (secondary N) is 1. The van der Waals surface area contributed by atoms with Crippen LogP contribution in [0.15, 0.2) is 23.4 Å². The molecule has 2 amide bonds. The van der Waals surface area contributed by atoms with E-state index >= 15 is 0 Å². The summed E-state index contributed by atoms with van der Waals surface area (Å²) in [7, 11) is 1.85. The SMILES string of the molecule is Cc1ccc(C(=O)NCCCN(C)CC2=C(C(=O)O)N3C(=O)[C@H]([C@@H](C)O)[C@H]3[C@H]2C)c(Cl)c1O. The third-order valence-corrected chi connectivity index (χ3v) is 6.91. The maximum Gasteiger partial charge on any atom is 0.352 e. The van der Waals surface area contributed by atoms with Gasteiger partial charge >= 0.3 is 5.97 Å². The lowest BCUT2D eigenvalue weighted by molar-refractivity contribution is -0.163. The molecular weight excluding hydrogens is 450 g/mol. The molecule has 1 aromatic rings. The molecule has 4 atom stereocenters. The number of aryl methyl sites for hydroxylation is 1. The van der Waals surface area contributed by atoms with Gasteiger partial charge in [0.15, 0.2) is 0 Å². The fourth-order valence-corrected chi connectivity index (χ4v) is 5.00. The van der Waals surface area contributed by atoms with Gasteiger partial charge in [0.25, 0.3) is 5.91 Å². The quantitative estimate of drug-likeness (QED) is 0.312. The van der Waals surface area contributed by atoms with Crippen molar-refractivity contribution in [2.45, 2.75) is 39.3 Å². The second-order valence-electron chi connectivity index (χ2n) is 8.87. The number of aliphatic hydroxyl groups excluding tert-OH is 1. The molecule has 0 spiro atoms. The van der Waals surface area contributed by atoms with Crippen molar-refractivity contribution in [1.29, 1.82) is 0 Å². The molecule has 2 heterocycles. The van der Waals surface area contributed by atoms with Crippen LogP contribution in [-0.2, 0) is 9.59 Å². The smallest absolute Gasteiger partial charge is 0.352 e. The van der Waals surface area contributed by atoms with Gasteiger partial charge in [0.2, 0.25) is 5.91 Å². The molecule has 1 saturated heterocycles. The highest BCUT2D eigenvalue weighted by atomic mass is 35.5. The van der Waals surface area contributed by atoms with Crippen molar-refractivity contribution in [2.75, 3.05) is 26.7 Å². The van der Waals surface area contributed by atoms with E-state index in [0.29, 0.717) is 37.2 Å². The Bertz CT molecular complexity index is 1010. The molecule has 0 saturated carbocycles. The zero-order chi connectivity index (χ0) is 24.6. The third-order valence-electron chi connectivity index (χ3n) is 6.52. The molecule has 0 radical (unpaired) electrons. The van der Waals surface area contributed by atoms with Crippen LogP contribution >= 0.6 is 11.6 Å². The van der Waals surface area contributed by atoms with Crippen LogP contribution in [0.4, 0.5) is 0 Å². The number of benzene rings is 1. The van der Waals surface area contributed by atoms with Gasteiger partial charge in [0.1, 0.15) is 11.4 Å². The summed E-state index contributed by atoms with van der Waals surface area (Å²) in [6.45, 7) is 6.44. The number of carbonyl (C=O) groups is 3. The predicted octanol–water partition coefficient (Wildman–Crippen LogP) is 1.60. The van der Waals surface area contributed by atoms with Crippen LogP contribution in [0.25, 0.3) is 0 Å². The average molecular weight is 480 g/mol. The Balaban J connectivity index is 1.56. The minimum Gasteiger partial charge on any atom is -0.506 e. The van der Waals surface area contributed by atoms with Crippen molar-refractivity contribution in [1.82, 2.24) is 15.1 Å². The molecule has 2 aliphatic heterocycles. The summed E-state index contributed by atoms with van der Waals surface area (Å²) in [5.74, 6) is -2.74. The van der Waals surface area contributed by atoms with Crippen LogP contribution < -0.4 is 5.32 Å². The average Bonchev–Trinajstić information content (AvgIpc) is 2.97. The summed E-state index contributed by atoms with van der Waals surface area (Å²) in [4.78, 5) is 39.9. The van der Waals surface area contributed by atoms with Crippen LogP contribution in [0.2, 0.25) is 5.02 Å². The van der Waals surface area contributed by atoms with Crippen LogP contribution in [0.3, 0.4) is 0 Å². The Kier molecular flexibility index (Phi) is 7.36. The second kappa shape index (κ2) is 9.70. The number of carbonyl (C=O) groups excluding carboxylic acids is 2. The molecule has 9 nitrogen and oxygen atoms in total. The van der Waals surface area contributed by atoms with Crippen LogP contribution in [0, 0.1) is 18.8 Å². The Morgan fingerprint density at radius 2 is 2.00 bits per heavy atom. The maximum atomic E-state index is 12.4. The van der Waals surface area contributed by atoms with Gasteiger partial charge in [-0.3, -0.25) is 9.59 Å². The van der Waals surface area contributed by atoms with Crippen molar-refractivity contribution in [3.05, 3.63) is 39.6 Å². The van der Waals surface area contributed by atoms with Crippen LogP contribution in [0.5, 0.6) is 5.75 Å². The van der Waals surface area contributed by atoms with E-state index in [0.717, 1.165) is 0 Å². The number of aliphatic hydroxyl groups is 1. The molecular formula is C23H30ClN3O6. The number of aromatic hydroxyl groups is 1. The van der Waals surface area contributed by atoms with E-state index in [4.69, 9.17) is 11.6 Å². The zero-order valence-electron chi connectivity index (χ0n) is 19.1. The molecule has 1 fully saturated rings. The number of rotatable bonds is 9. The van der Waals surface area contributed by atoms with Crippen molar-refractivity contribution in [3.8, 4) is 5.75 Å². The van der Waals surface area contributed by atoms with E-state index in [-0.39, 0.29) is 45.8 Å². The normalized spacial score (nSPS) is 22.9. The highest BCUT2D eigenvalue weighted by Gasteiger charge is 2.59. The molecule has 3 rings (SSSR count). The summed E-state index contributed by atoms with van der Waals surface area (Å²) in [6.07, 6.45) is -0.231. The van der Waals surface area contributed by atoms with E-state index in [2.05, 4.69) is 5.32 Å². The van der Waals surface area contributed by atoms with Gasteiger partial charge in [0.05, 0.1) is 28.6 Å². The van der Waals surface area contributed by atoms with Gasteiger partial charge in [-0.15, -0.1) is 0 Å². The number of phenolic OH excluding ortho intramolecular Hbond substituents is 1. The van der Waals surface area contributed by atoms with Gasteiger partial charge in [-0.05, 0) is 51.1 Å². The molecule has 0 aromatic heterocycles. The summed E-state index contributed by atoms with van der Waals surface area (Å²) < 4.78 is 0. The van der Waals surface area contributed by atoms with Gasteiger partial charge < -0.3 is 30.4 Å². The minimum absolute atomic E-state index is 0.0163. The second-order valence-corrected chi connectivity index (χ2v) is 9.25. The number of amides is 2. The van der Waals surface area contributed by atoms with E-state index in [1.165, 1.54) is 4.90 Å². The molecule has 0 aliphatic carbocycles. The lowest BCUT2D eigenvalue weighted by Crippen LogP contribution is -2.63. The van der Waals surface area contributed by atoms with Crippen molar-refractivity contribution < 1.29 is 29.7 Å². The number of carboxylic acids is 1. The molecule has 0 unspecified atom stereocenters. The molecule has 4 N–H and O–H groups in total. The van der Waals surface area contributed by atoms with Crippen molar-refractivity contribution >= 4 is 29.4 Å². The number of halogens is 1. The van der Waals surface area contributed by atoms with Gasteiger partial charge in [-0.1, -0.05) is 24.6 Å². The fraction of sp³-hybridized carbons (Fsp3) is 0.522.